The van der Waals surface area contributed by atoms with Crippen molar-refractivity contribution in [3.63, 3.8) is 0 Å². The van der Waals surface area contributed by atoms with E-state index >= 15 is 0 Å². The van der Waals surface area contributed by atoms with Crippen molar-refractivity contribution in [2.24, 2.45) is 0 Å². The number of rotatable bonds is 11. The average molecular weight is 512 g/mol. The van der Waals surface area contributed by atoms with Crippen molar-refractivity contribution in [1.29, 1.82) is 0 Å². The van der Waals surface area contributed by atoms with Crippen LogP contribution in [0.1, 0.15) is 70.2 Å². The first-order valence-electron chi connectivity index (χ1n) is 12.9. The third kappa shape index (κ3) is 9.12. The fraction of sp³-hybridized carbons (Fsp3) is 0.483. The lowest BCUT2D eigenvalue weighted by Gasteiger charge is -2.34. The molecule has 2 rings (SSSR count). The number of ether oxygens (including phenoxy) is 1. The Hall–Kier alpha value is -3.55. The smallest absolute Gasteiger partial charge is 0.408 e. The third-order valence-corrected chi connectivity index (χ3v) is 5.86. The molecule has 0 aliphatic carbocycles. The Kier molecular flexibility index (Phi) is 11.0. The average Bonchev–Trinajstić information content (AvgIpc) is 2.82. The highest BCUT2D eigenvalue weighted by molar-refractivity contribution is 5.92. The maximum atomic E-state index is 14.0. The topological polar surface area (TPSA) is 108 Å². The Morgan fingerprint density at radius 1 is 1.03 bits per heavy atom. The van der Waals surface area contributed by atoms with E-state index in [0.717, 1.165) is 29.5 Å². The van der Waals surface area contributed by atoms with E-state index in [0.29, 0.717) is 6.54 Å². The number of carbonyl (C=O) groups excluding carboxylic acids is 3. The van der Waals surface area contributed by atoms with Crippen LogP contribution in [0.25, 0.3) is 0 Å². The van der Waals surface area contributed by atoms with Gasteiger partial charge < -0.3 is 25.4 Å². The molecule has 3 amide bonds. The van der Waals surface area contributed by atoms with Gasteiger partial charge >= 0.3 is 6.09 Å². The number of amides is 3. The number of nitrogens with one attached hydrogen (secondary N) is 2. The Bertz CT molecular complexity index is 1050. The van der Waals surface area contributed by atoms with Crippen molar-refractivity contribution >= 4 is 17.9 Å². The fourth-order valence-electron chi connectivity index (χ4n) is 4.01. The number of hydrogen-bond donors (Lipinski definition) is 3. The lowest BCUT2D eigenvalue weighted by atomic mass is 9.97. The molecular weight excluding hydrogens is 470 g/mol. The van der Waals surface area contributed by atoms with E-state index in [1.807, 2.05) is 45.0 Å². The minimum atomic E-state index is -0.991. The van der Waals surface area contributed by atoms with Gasteiger partial charge in [-0.15, -0.1) is 0 Å². The van der Waals surface area contributed by atoms with E-state index in [4.69, 9.17) is 4.74 Å². The van der Waals surface area contributed by atoms with Crippen molar-refractivity contribution in [1.82, 2.24) is 15.5 Å². The van der Waals surface area contributed by atoms with Crippen molar-refractivity contribution in [2.45, 2.75) is 78.5 Å². The number of phenols is 1. The number of carbonyl (C=O) groups is 3. The number of nitrogens with zero attached hydrogens (tertiary/aromatic N) is 1. The highest BCUT2D eigenvalue weighted by Crippen LogP contribution is 2.26. The van der Waals surface area contributed by atoms with Gasteiger partial charge in [0.15, 0.2) is 0 Å². The van der Waals surface area contributed by atoms with Crippen LogP contribution in [0, 0.1) is 6.92 Å². The zero-order valence-electron chi connectivity index (χ0n) is 22.8. The number of aromatic hydroxyl groups is 1. The predicted octanol–water partition coefficient (Wildman–Crippen LogP) is 4.64. The molecule has 202 valence electrons. The van der Waals surface area contributed by atoms with Gasteiger partial charge in [0.2, 0.25) is 11.8 Å². The molecule has 2 aromatic carbocycles. The number of phenolic OH excluding ortho intramolecular Hbond substituents is 1. The van der Waals surface area contributed by atoms with Gasteiger partial charge in [0.05, 0.1) is 0 Å². The zero-order valence-corrected chi connectivity index (χ0v) is 22.8. The number of likely N-dealkylation sites (N-methyl/N-ethyl adjacent to an activating group) is 1. The number of benzene rings is 2. The Morgan fingerprint density at radius 3 is 2.24 bits per heavy atom. The summed E-state index contributed by atoms with van der Waals surface area (Å²) in [6.45, 7) is 11.8. The fourth-order valence-corrected chi connectivity index (χ4v) is 4.01. The van der Waals surface area contributed by atoms with Gasteiger partial charge in [-0.05, 0) is 69.9 Å². The van der Waals surface area contributed by atoms with Gasteiger partial charge in [-0.3, -0.25) is 9.59 Å². The summed E-state index contributed by atoms with van der Waals surface area (Å²) in [7, 11) is 0. The van der Waals surface area contributed by atoms with Gasteiger partial charge in [0, 0.05) is 19.5 Å². The summed E-state index contributed by atoms with van der Waals surface area (Å²) >= 11 is 0. The largest absolute Gasteiger partial charge is 0.508 e. The molecule has 0 heterocycles. The van der Waals surface area contributed by atoms with Crippen molar-refractivity contribution in [2.75, 3.05) is 13.1 Å². The van der Waals surface area contributed by atoms with Crippen LogP contribution in [0.2, 0.25) is 0 Å². The van der Waals surface area contributed by atoms with Crippen LogP contribution in [0.5, 0.6) is 5.75 Å². The molecule has 8 heteroatoms. The summed E-state index contributed by atoms with van der Waals surface area (Å²) in [4.78, 5) is 41.7. The van der Waals surface area contributed by atoms with Crippen LogP contribution < -0.4 is 10.6 Å². The first kappa shape index (κ1) is 29.7. The molecule has 0 radical (unpaired) electrons. The van der Waals surface area contributed by atoms with E-state index in [-0.39, 0.29) is 24.6 Å². The second-order valence-corrected chi connectivity index (χ2v) is 10.1. The molecule has 0 aliphatic heterocycles. The van der Waals surface area contributed by atoms with Gasteiger partial charge in [0.25, 0.3) is 0 Å². The summed E-state index contributed by atoms with van der Waals surface area (Å²) in [6.07, 6.45) is 1.20. The molecule has 2 atom stereocenters. The van der Waals surface area contributed by atoms with E-state index in [1.54, 1.807) is 32.9 Å². The molecule has 37 heavy (non-hydrogen) atoms. The van der Waals surface area contributed by atoms with Crippen molar-refractivity contribution in [3.8, 4) is 5.75 Å². The van der Waals surface area contributed by atoms with E-state index in [9.17, 15) is 19.5 Å². The monoisotopic (exact) mass is 511 g/mol. The van der Waals surface area contributed by atoms with Gasteiger partial charge in [-0.25, -0.2) is 4.79 Å². The highest BCUT2D eigenvalue weighted by atomic mass is 16.6. The molecule has 3 N–H and O–H groups in total. The molecule has 0 saturated carbocycles. The maximum absolute atomic E-state index is 14.0. The SMILES string of the molecule is CCCCNC(=O)C(c1ccccc1C)N(CC)C(=O)C(Cc1ccc(O)cc1)NC(=O)OC(C)(C)C. The summed E-state index contributed by atoms with van der Waals surface area (Å²) in [5.74, 6) is -0.566. The number of alkyl carbamates (subject to hydrolysis) is 1. The first-order valence-corrected chi connectivity index (χ1v) is 12.9. The normalized spacial score (nSPS) is 12.8. The molecule has 0 bridgehead atoms. The summed E-state index contributed by atoms with van der Waals surface area (Å²) < 4.78 is 5.43. The van der Waals surface area contributed by atoms with Gasteiger partial charge in [0.1, 0.15) is 23.4 Å². The minimum absolute atomic E-state index is 0.102. The quantitative estimate of drug-likeness (QED) is 0.381. The van der Waals surface area contributed by atoms with Crippen LogP contribution in [0.15, 0.2) is 48.5 Å². The second kappa shape index (κ2) is 13.7. The molecule has 0 aromatic heterocycles. The van der Waals surface area contributed by atoms with Crippen LogP contribution in [-0.4, -0.2) is 52.6 Å². The number of unbranched alkanes of at least 4 members (excludes halogenated alkanes) is 1. The second-order valence-electron chi connectivity index (χ2n) is 10.1. The third-order valence-electron chi connectivity index (χ3n) is 5.86. The molecule has 2 aromatic rings. The molecular formula is C29H41N3O5. The van der Waals surface area contributed by atoms with Gasteiger partial charge in [-0.1, -0.05) is 49.7 Å². The standard InChI is InChI=1S/C29H41N3O5/c1-7-9-18-30-26(34)25(23-13-11-10-12-20(23)3)32(8-2)27(35)24(31-28(36)37-29(4,5)6)19-21-14-16-22(33)17-15-21/h10-17,24-25,33H,7-9,18-19H2,1-6H3,(H,30,34)(H,31,36). The van der Waals surface area contributed by atoms with Crippen LogP contribution >= 0.6 is 0 Å². The summed E-state index contributed by atoms with van der Waals surface area (Å²) in [5, 5.41) is 15.4. The summed E-state index contributed by atoms with van der Waals surface area (Å²) in [6, 6.07) is 12.1. The van der Waals surface area contributed by atoms with E-state index < -0.39 is 29.7 Å². The minimum Gasteiger partial charge on any atom is -0.508 e. The van der Waals surface area contributed by atoms with Crippen LogP contribution in [-0.2, 0) is 20.7 Å². The molecule has 8 nitrogen and oxygen atoms in total. The highest BCUT2D eigenvalue weighted by Gasteiger charge is 2.36. The maximum Gasteiger partial charge on any atom is 0.408 e. The molecule has 0 aliphatic rings. The summed E-state index contributed by atoms with van der Waals surface area (Å²) in [5.41, 5.74) is 1.61. The Morgan fingerprint density at radius 2 is 1.68 bits per heavy atom. The first-order chi connectivity index (χ1) is 17.5. The predicted molar refractivity (Wildman–Crippen MR) is 144 cm³/mol. The van der Waals surface area contributed by atoms with Crippen LogP contribution in [0.4, 0.5) is 4.79 Å². The van der Waals surface area contributed by atoms with Gasteiger partial charge in [-0.2, -0.15) is 0 Å². The lowest BCUT2D eigenvalue weighted by Crippen LogP contribution is -2.53. The Balaban J connectivity index is 2.45. The lowest BCUT2D eigenvalue weighted by molar-refractivity contribution is -0.142. The van der Waals surface area contributed by atoms with E-state index in [2.05, 4.69) is 10.6 Å². The van der Waals surface area contributed by atoms with E-state index in [1.165, 1.54) is 17.0 Å². The number of hydrogen-bond acceptors (Lipinski definition) is 5. The molecule has 0 saturated heterocycles. The van der Waals surface area contributed by atoms with Crippen LogP contribution in [0.3, 0.4) is 0 Å². The number of aryl methyl sites for hydroxylation is 1. The van der Waals surface area contributed by atoms with Crippen molar-refractivity contribution < 1.29 is 24.2 Å². The Labute approximate surface area is 220 Å². The molecule has 0 fully saturated rings. The molecule has 0 spiro atoms. The molecule has 2 unspecified atom stereocenters. The van der Waals surface area contributed by atoms with Crippen molar-refractivity contribution in [3.05, 3.63) is 65.2 Å². The zero-order chi connectivity index (χ0) is 27.6.